The van der Waals surface area contributed by atoms with E-state index in [0.717, 1.165) is 12.0 Å². The molecule has 0 saturated carbocycles. The molecule has 0 bridgehead atoms. The summed E-state index contributed by atoms with van der Waals surface area (Å²) in [4.78, 5) is 1.20. The van der Waals surface area contributed by atoms with E-state index in [9.17, 15) is 4.39 Å². The van der Waals surface area contributed by atoms with Crippen molar-refractivity contribution in [1.82, 2.24) is 0 Å². The van der Waals surface area contributed by atoms with Crippen LogP contribution < -0.4 is 5.73 Å². The molecular weight excluding hydrogens is 269 g/mol. The maximum absolute atomic E-state index is 13.1. The van der Waals surface area contributed by atoms with Crippen molar-refractivity contribution in [3.8, 4) is 0 Å². The highest BCUT2D eigenvalue weighted by molar-refractivity contribution is 7.99. The molecule has 106 valence electrons. The molecule has 0 fully saturated rings. The summed E-state index contributed by atoms with van der Waals surface area (Å²) in [6, 6.07) is 15.1. The van der Waals surface area contributed by atoms with Crippen LogP contribution in [0.3, 0.4) is 0 Å². The number of benzene rings is 2. The summed E-state index contributed by atoms with van der Waals surface area (Å²) in [5, 5.41) is 0.141. The van der Waals surface area contributed by atoms with Gasteiger partial charge in [-0.25, -0.2) is 4.39 Å². The Kier molecular flexibility index (Phi) is 5.21. The minimum absolute atomic E-state index is 0.0472. The molecule has 3 heteroatoms. The highest BCUT2D eigenvalue weighted by Gasteiger charge is 2.20. The second-order valence-electron chi connectivity index (χ2n) is 4.98. The van der Waals surface area contributed by atoms with E-state index in [0.29, 0.717) is 0 Å². The van der Waals surface area contributed by atoms with Gasteiger partial charge >= 0.3 is 0 Å². The fourth-order valence-electron chi connectivity index (χ4n) is 2.10. The van der Waals surface area contributed by atoms with Crippen molar-refractivity contribution in [2.75, 3.05) is 0 Å². The monoisotopic (exact) mass is 289 g/mol. The van der Waals surface area contributed by atoms with Crippen molar-refractivity contribution in [3.63, 3.8) is 0 Å². The third-order valence-electron chi connectivity index (χ3n) is 3.31. The molecular formula is C17H20FNS. The number of nitrogens with two attached hydrogens (primary N) is 1. The Labute approximate surface area is 124 Å². The second-order valence-corrected chi connectivity index (χ2v) is 6.19. The van der Waals surface area contributed by atoms with E-state index in [1.54, 1.807) is 11.8 Å². The van der Waals surface area contributed by atoms with Gasteiger partial charge in [-0.05, 0) is 43.2 Å². The molecule has 2 atom stereocenters. The van der Waals surface area contributed by atoms with E-state index in [-0.39, 0.29) is 17.1 Å². The minimum atomic E-state index is -0.210. The van der Waals surface area contributed by atoms with E-state index < -0.39 is 0 Å². The molecule has 0 amide bonds. The minimum Gasteiger partial charge on any atom is -0.326 e. The van der Waals surface area contributed by atoms with Gasteiger partial charge in [0.25, 0.3) is 0 Å². The van der Waals surface area contributed by atoms with Gasteiger partial charge in [0.2, 0.25) is 0 Å². The van der Waals surface area contributed by atoms with Gasteiger partial charge in [0, 0.05) is 16.2 Å². The van der Waals surface area contributed by atoms with Crippen molar-refractivity contribution in [2.45, 2.75) is 36.5 Å². The first kappa shape index (κ1) is 15.1. The molecule has 0 aliphatic carbocycles. The van der Waals surface area contributed by atoms with Crippen LogP contribution in [0, 0.1) is 12.7 Å². The SMILES string of the molecule is CCC(N)C(Sc1cccc(C)c1)c1ccc(F)cc1. The van der Waals surface area contributed by atoms with Crippen LogP contribution in [0.5, 0.6) is 0 Å². The van der Waals surface area contributed by atoms with E-state index in [1.165, 1.54) is 22.6 Å². The predicted octanol–water partition coefficient (Wildman–Crippen LogP) is 4.70. The summed E-state index contributed by atoms with van der Waals surface area (Å²) < 4.78 is 13.1. The Balaban J connectivity index is 2.26. The van der Waals surface area contributed by atoms with Crippen molar-refractivity contribution < 1.29 is 4.39 Å². The largest absolute Gasteiger partial charge is 0.326 e. The molecule has 1 nitrogen and oxygen atoms in total. The Morgan fingerprint density at radius 3 is 2.45 bits per heavy atom. The molecule has 0 heterocycles. The van der Waals surface area contributed by atoms with Crippen molar-refractivity contribution in [3.05, 3.63) is 65.5 Å². The van der Waals surface area contributed by atoms with Gasteiger partial charge in [-0.1, -0.05) is 36.8 Å². The summed E-state index contributed by atoms with van der Waals surface area (Å²) in [5.41, 5.74) is 8.57. The number of aryl methyl sites for hydroxylation is 1. The average molecular weight is 289 g/mol. The molecule has 20 heavy (non-hydrogen) atoms. The Bertz CT molecular complexity index is 553. The topological polar surface area (TPSA) is 26.0 Å². The summed E-state index contributed by atoms with van der Waals surface area (Å²) in [6.45, 7) is 4.16. The van der Waals surface area contributed by atoms with E-state index in [4.69, 9.17) is 5.73 Å². The lowest BCUT2D eigenvalue weighted by Crippen LogP contribution is -2.25. The first-order valence-electron chi connectivity index (χ1n) is 6.84. The Morgan fingerprint density at radius 2 is 1.85 bits per heavy atom. The van der Waals surface area contributed by atoms with Gasteiger partial charge in [0.05, 0.1) is 0 Å². The molecule has 2 rings (SSSR count). The van der Waals surface area contributed by atoms with Crippen LogP contribution in [0.25, 0.3) is 0 Å². The Morgan fingerprint density at radius 1 is 1.15 bits per heavy atom. The van der Waals surface area contributed by atoms with Gasteiger partial charge in [-0.15, -0.1) is 11.8 Å². The smallest absolute Gasteiger partial charge is 0.123 e. The van der Waals surface area contributed by atoms with Gasteiger partial charge in [0.15, 0.2) is 0 Å². The first-order valence-corrected chi connectivity index (χ1v) is 7.72. The van der Waals surface area contributed by atoms with Gasteiger partial charge in [0.1, 0.15) is 5.82 Å². The van der Waals surface area contributed by atoms with Crippen molar-refractivity contribution in [1.29, 1.82) is 0 Å². The quantitative estimate of drug-likeness (QED) is 0.807. The number of hydrogen-bond acceptors (Lipinski definition) is 2. The van der Waals surface area contributed by atoms with Crippen LogP contribution in [0.15, 0.2) is 53.4 Å². The standard InChI is InChI=1S/C17H20FNS/c1-3-16(19)17(13-7-9-14(18)10-8-13)20-15-6-4-5-12(2)11-15/h4-11,16-17H,3,19H2,1-2H3. The lowest BCUT2D eigenvalue weighted by atomic mass is 10.0. The van der Waals surface area contributed by atoms with E-state index in [1.807, 2.05) is 12.1 Å². The maximum atomic E-state index is 13.1. The molecule has 2 N–H and O–H groups in total. The van der Waals surface area contributed by atoms with Crippen LogP contribution in [0.4, 0.5) is 4.39 Å². The zero-order valence-electron chi connectivity index (χ0n) is 11.8. The van der Waals surface area contributed by atoms with E-state index in [2.05, 4.69) is 38.1 Å². The second kappa shape index (κ2) is 6.91. The lowest BCUT2D eigenvalue weighted by Gasteiger charge is -2.23. The van der Waals surface area contributed by atoms with Gasteiger partial charge < -0.3 is 5.73 Å². The van der Waals surface area contributed by atoms with Crippen LogP contribution in [0.2, 0.25) is 0 Å². The lowest BCUT2D eigenvalue weighted by molar-refractivity contribution is 0.618. The van der Waals surface area contributed by atoms with Crippen LogP contribution in [0.1, 0.15) is 29.7 Å². The highest BCUT2D eigenvalue weighted by Crippen LogP contribution is 2.38. The van der Waals surface area contributed by atoms with Gasteiger partial charge in [-0.2, -0.15) is 0 Å². The van der Waals surface area contributed by atoms with Crippen LogP contribution in [-0.4, -0.2) is 6.04 Å². The molecule has 0 aliphatic heterocycles. The summed E-state index contributed by atoms with van der Waals surface area (Å²) in [6.07, 6.45) is 0.890. The normalized spacial score (nSPS) is 14.0. The molecule has 2 aromatic carbocycles. The molecule has 0 radical (unpaired) electrons. The number of halogens is 1. The van der Waals surface area contributed by atoms with Gasteiger partial charge in [-0.3, -0.25) is 0 Å². The fraction of sp³-hybridized carbons (Fsp3) is 0.294. The highest BCUT2D eigenvalue weighted by atomic mass is 32.2. The third kappa shape index (κ3) is 3.84. The fourth-order valence-corrected chi connectivity index (χ4v) is 3.47. The Hall–Kier alpha value is -1.32. The molecule has 0 aliphatic rings. The average Bonchev–Trinajstić information content (AvgIpc) is 2.45. The number of rotatable bonds is 5. The molecule has 2 unspecified atom stereocenters. The van der Waals surface area contributed by atoms with E-state index >= 15 is 0 Å². The maximum Gasteiger partial charge on any atom is 0.123 e. The summed E-state index contributed by atoms with van der Waals surface area (Å²) >= 11 is 1.75. The molecule has 0 aromatic heterocycles. The van der Waals surface area contributed by atoms with Crippen LogP contribution in [-0.2, 0) is 0 Å². The third-order valence-corrected chi connectivity index (χ3v) is 4.71. The molecule has 0 saturated heterocycles. The first-order chi connectivity index (χ1) is 9.60. The zero-order valence-corrected chi connectivity index (χ0v) is 12.7. The molecule has 0 spiro atoms. The van der Waals surface area contributed by atoms with Crippen LogP contribution >= 0.6 is 11.8 Å². The molecule has 2 aromatic rings. The summed E-state index contributed by atoms with van der Waals surface area (Å²) in [7, 11) is 0. The van der Waals surface area contributed by atoms with Crippen molar-refractivity contribution in [2.24, 2.45) is 5.73 Å². The zero-order chi connectivity index (χ0) is 14.5. The number of thioether (sulfide) groups is 1. The van der Waals surface area contributed by atoms with Crippen molar-refractivity contribution >= 4 is 11.8 Å². The summed E-state index contributed by atoms with van der Waals surface area (Å²) in [5.74, 6) is -0.210. The predicted molar refractivity (Wildman–Crippen MR) is 84.4 cm³/mol. The number of hydrogen-bond donors (Lipinski definition) is 1.